The molecule has 0 aliphatic carbocycles. The summed E-state index contributed by atoms with van der Waals surface area (Å²) in [5.74, 6) is -0.132. The van der Waals surface area contributed by atoms with E-state index in [0.29, 0.717) is 17.2 Å². The van der Waals surface area contributed by atoms with Crippen molar-refractivity contribution in [1.82, 2.24) is 4.57 Å². The number of benzene rings is 1. The monoisotopic (exact) mass is 289 g/mol. The number of aromatic carboxylic acids is 1. The molecule has 110 valence electrons. The molecule has 0 aliphatic rings. The number of carboxylic acid groups (broad SMARTS) is 1. The number of nitrogens with zero attached hydrogens (tertiary/aromatic N) is 1. The molecule has 6 nitrogen and oxygen atoms in total. The zero-order valence-electron chi connectivity index (χ0n) is 11.9. The second kappa shape index (κ2) is 5.70. The van der Waals surface area contributed by atoms with Crippen molar-refractivity contribution in [3.63, 3.8) is 0 Å². The van der Waals surface area contributed by atoms with E-state index in [4.69, 9.17) is 14.6 Å². The molecule has 6 heteroatoms. The van der Waals surface area contributed by atoms with E-state index in [1.54, 1.807) is 24.3 Å². The fraction of sp³-hybridized carbons (Fsp3) is 0.200. The van der Waals surface area contributed by atoms with Crippen LogP contribution in [-0.4, -0.2) is 29.9 Å². The van der Waals surface area contributed by atoms with Crippen LogP contribution in [0.5, 0.6) is 11.5 Å². The number of methoxy groups -OCH3 is 2. The minimum absolute atomic E-state index is 0.262. The summed E-state index contributed by atoms with van der Waals surface area (Å²) in [6.07, 6.45) is 0. The molecule has 0 saturated heterocycles. The summed E-state index contributed by atoms with van der Waals surface area (Å²) in [6, 6.07) is 8.12. The van der Waals surface area contributed by atoms with Crippen molar-refractivity contribution >= 4 is 5.97 Å². The first kappa shape index (κ1) is 14.6. The summed E-state index contributed by atoms with van der Waals surface area (Å²) < 4.78 is 11.7. The molecular formula is C15H15NO5. The molecule has 1 aromatic carbocycles. The number of hydrogen-bond donors (Lipinski definition) is 1. The molecule has 1 N–H and O–H groups in total. The quantitative estimate of drug-likeness (QED) is 0.928. The standard InChI is InChI=1S/C15H15NO5/c1-16-11(6-5-10(14(16)17)15(18)19)9-4-7-12(20-2)13(8-9)21-3/h4-8H,1-3H3,(H,18,19). The highest BCUT2D eigenvalue weighted by Gasteiger charge is 2.14. The van der Waals surface area contributed by atoms with Gasteiger partial charge in [0, 0.05) is 12.6 Å². The van der Waals surface area contributed by atoms with Crippen LogP contribution in [0, 0.1) is 0 Å². The molecule has 2 aromatic rings. The number of aromatic nitrogens is 1. The van der Waals surface area contributed by atoms with E-state index in [-0.39, 0.29) is 5.56 Å². The molecule has 1 aromatic heterocycles. The van der Waals surface area contributed by atoms with Crippen molar-refractivity contribution in [1.29, 1.82) is 0 Å². The van der Waals surface area contributed by atoms with Gasteiger partial charge in [0.05, 0.1) is 19.9 Å². The number of carboxylic acids is 1. The second-order valence-electron chi connectivity index (χ2n) is 4.37. The van der Waals surface area contributed by atoms with Gasteiger partial charge in [-0.05, 0) is 30.3 Å². The van der Waals surface area contributed by atoms with Gasteiger partial charge in [-0.1, -0.05) is 0 Å². The Morgan fingerprint density at radius 1 is 1.10 bits per heavy atom. The first-order chi connectivity index (χ1) is 9.99. The fourth-order valence-electron chi connectivity index (χ4n) is 2.08. The highest BCUT2D eigenvalue weighted by molar-refractivity contribution is 5.87. The lowest BCUT2D eigenvalue weighted by molar-refractivity contribution is 0.0694. The lowest BCUT2D eigenvalue weighted by atomic mass is 10.1. The van der Waals surface area contributed by atoms with Crippen LogP contribution in [0.2, 0.25) is 0 Å². The number of carbonyl (C=O) groups is 1. The third-order valence-electron chi connectivity index (χ3n) is 3.21. The van der Waals surface area contributed by atoms with Crippen LogP contribution in [0.4, 0.5) is 0 Å². The van der Waals surface area contributed by atoms with E-state index in [1.807, 2.05) is 0 Å². The Balaban J connectivity index is 2.60. The van der Waals surface area contributed by atoms with Crippen molar-refractivity contribution in [3.8, 4) is 22.8 Å². The van der Waals surface area contributed by atoms with Gasteiger partial charge in [0.1, 0.15) is 5.56 Å². The molecule has 2 rings (SSSR count). The Bertz CT molecular complexity index is 748. The van der Waals surface area contributed by atoms with E-state index in [2.05, 4.69) is 0 Å². The SMILES string of the molecule is COc1ccc(-c2ccc(C(=O)O)c(=O)n2C)cc1OC. The third kappa shape index (κ3) is 2.60. The van der Waals surface area contributed by atoms with Crippen molar-refractivity contribution < 1.29 is 19.4 Å². The van der Waals surface area contributed by atoms with Crippen LogP contribution in [0.1, 0.15) is 10.4 Å². The van der Waals surface area contributed by atoms with Gasteiger partial charge in [-0.3, -0.25) is 4.79 Å². The first-order valence-corrected chi connectivity index (χ1v) is 6.15. The summed E-state index contributed by atoms with van der Waals surface area (Å²) in [5, 5.41) is 8.95. The Hall–Kier alpha value is -2.76. The van der Waals surface area contributed by atoms with E-state index >= 15 is 0 Å². The van der Waals surface area contributed by atoms with E-state index in [0.717, 1.165) is 5.56 Å². The smallest absolute Gasteiger partial charge is 0.341 e. The summed E-state index contributed by atoms with van der Waals surface area (Å²) in [5.41, 5.74) is 0.492. The molecule has 1 heterocycles. The number of ether oxygens (including phenoxy) is 2. The van der Waals surface area contributed by atoms with Gasteiger partial charge in [0.2, 0.25) is 0 Å². The van der Waals surface area contributed by atoms with Crippen LogP contribution in [0.3, 0.4) is 0 Å². The highest BCUT2D eigenvalue weighted by Crippen LogP contribution is 2.31. The molecular weight excluding hydrogens is 274 g/mol. The van der Waals surface area contributed by atoms with Gasteiger partial charge in [0.15, 0.2) is 11.5 Å². The minimum Gasteiger partial charge on any atom is -0.493 e. The third-order valence-corrected chi connectivity index (χ3v) is 3.21. The highest BCUT2D eigenvalue weighted by atomic mass is 16.5. The normalized spacial score (nSPS) is 10.2. The number of hydrogen-bond acceptors (Lipinski definition) is 4. The molecule has 0 unspecified atom stereocenters. The Kier molecular flexibility index (Phi) is 3.98. The minimum atomic E-state index is -1.24. The largest absolute Gasteiger partial charge is 0.493 e. The predicted octanol–water partition coefficient (Wildman–Crippen LogP) is 1.77. The van der Waals surface area contributed by atoms with E-state index in [9.17, 15) is 9.59 Å². The Morgan fingerprint density at radius 2 is 1.76 bits per heavy atom. The maximum absolute atomic E-state index is 12.0. The molecule has 0 radical (unpaired) electrons. The molecule has 0 spiro atoms. The van der Waals surface area contributed by atoms with Crippen LogP contribution in [0.15, 0.2) is 35.1 Å². The lowest BCUT2D eigenvalue weighted by Gasteiger charge is -2.12. The zero-order chi connectivity index (χ0) is 15.6. The molecule has 0 saturated carbocycles. The van der Waals surface area contributed by atoms with Crippen molar-refractivity contribution in [2.45, 2.75) is 0 Å². The maximum atomic E-state index is 12.0. The summed E-state index contributed by atoms with van der Waals surface area (Å²) in [4.78, 5) is 23.0. The van der Waals surface area contributed by atoms with E-state index < -0.39 is 11.5 Å². The van der Waals surface area contributed by atoms with Crippen molar-refractivity contribution in [2.75, 3.05) is 14.2 Å². The summed E-state index contributed by atoms with van der Waals surface area (Å²) >= 11 is 0. The van der Waals surface area contributed by atoms with Crippen LogP contribution in [-0.2, 0) is 7.05 Å². The van der Waals surface area contributed by atoms with Gasteiger partial charge in [-0.25, -0.2) is 4.79 Å². The van der Waals surface area contributed by atoms with E-state index in [1.165, 1.54) is 31.9 Å². The second-order valence-corrected chi connectivity index (χ2v) is 4.37. The maximum Gasteiger partial charge on any atom is 0.341 e. The van der Waals surface area contributed by atoms with Crippen LogP contribution < -0.4 is 15.0 Å². The molecule has 0 aliphatic heterocycles. The first-order valence-electron chi connectivity index (χ1n) is 6.15. The van der Waals surface area contributed by atoms with Gasteiger partial charge in [-0.15, -0.1) is 0 Å². The van der Waals surface area contributed by atoms with Gasteiger partial charge in [0.25, 0.3) is 5.56 Å². The Labute approximate surface area is 121 Å². The molecule has 21 heavy (non-hydrogen) atoms. The summed E-state index contributed by atoms with van der Waals surface area (Å²) in [6.45, 7) is 0. The van der Waals surface area contributed by atoms with Gasteiger partial charge >= 0.3 is 5.97 Å². The van der Waals surface area contributed by atoms with Crippen molar-refractivity contribution in [2.24, 2.45) is 7.05 Å². The average molecular weight is 289 g/mol. The van der Waals surface area contributed by atoms with Gasteiger partial charge < -0.3 is 19.1 Å². The zero-order valence-corrected chi connectivity index (χ0v) is 11.9. The average Bonchev–Trinajstić information content (AvgIpc) is 2.48. The van der Waals surface area contributed by atoms with Gasteiger partial charge in [-0.2, -0.15) is 0 Å². The molecule has 0 atom stereocenters. The van der Waals surface area contributed by atoms with Crippen LogP contribution in [0.25, 0.3) is 11.3 Å². The lowest BCUT2D eigenvalue weighted by Crippen LogP contribution is -2.25. The molecule has 0 amide bonds. The fourth-order valence-corrected chi connectivity index (χ4v) is 2.08. The number of rotatable bonds is 4. The topological polar surface area (TPSA) is 77.8 Å². The van der Waals surface area contributed by atoms with Crippen LogP contribution >= 0.6 is 0 Å². The van der Waals surface area contributed by atoms with Crippen molar-refractivity contribution in [3.05, 3.63) is 46.2 Å². The number of pyridine rings is 1. The summed E-state index contributed by atoms with van der Waals surface area (Å²) in [7, 11) is 4.59. The predicted molar refractivity (Wildman–Crippen MR) is 77.2 cm³/mol. The molecule has 0 fully saturated rings. The Morgan fingerprint density at radius 3 is 2.33 bits per heavy atom. The molecule has 0 bridgehead atoms.